The summed E-state index contributed by atoms with van der Waals surface area (Å²) in [6.45, 7) is 6.25. The molecule has 0 bridgehead atoms. The molecule has 0 spiro atoms. The van der Waals surface area contributed by atoms with Crippen LogP contribution in [0.2, 0.25) is 0 Å². The first-order valence-corrected chi connectivity index (χ1v) is 13.5. The first kappa shape index (κ1) is 26.3. The van der Waals surface area contributed by atoms with Crippen molar-refractivity contribution in [3.05, 3.63) is 77.6 Å². The fraction of sp³-hybridized carbons (Fsp3) is 0.448. The van der Waals surface area contributed by atoms with Crippen molar-refractivity contribution in [2.24, 2.45) is 5.73 Å². The highest BCUT2D eigenvalue weighted by molar-refractivity contribution is 5.89. The van der Waals surface area contributed by atoms with Crippen LogP contribution < -0.4 is 11.1 Å². The Morgan fingerprint density at radius 1 is 1.13 bits per heavy atom. The Labute approximate surface area is 223 Å². The number of anilines is 1. The van der Waals surface area contributed by atoms with Gasteiger partial charge in [0, 0.05) is 49.8 Å². The molecule has 0 saturated carbocycles. The molecule has 38 heavy (non-hydrogen) atoms. The van der Waals surface area contributed by atoms with Gasteiger partial charge in [-0.2, -0.15) is 0 Å². The van der Waals surface area contributed by atoms with Crippen LogP contribution in [-0.2, 0) is 17.9 Å². The van der Waals surface area contributed by atoms with Gasteiger partial charge >= 0.3 is 6.03 Å². The van der Waals surface area contributed by atoms with E-state index in [1.807, 2.05) is 34.7 Å². The maximum absolute atomic E-state index is 13.4. The normalized spacial score (nSPS) is 19.0. The third-order valence-corrected chi connectivity index (χ3v) is 7.29. The lowest BCUT2D eigenvalue weighted by molar-refractivity contribution is 0.00531. The number of aromatic nitrogens is 2. The van der Waals surface area contributed by atoms with E-state index in [2.05, 4.69) is 27.3 Å². The van der Waals surface area contributed by atoms with Crippen LogP contribution in [0.1, 0.15) is 42.5 Å². The van der Waals surface area contributed by atoms with Crippen LogP contribution in [0.25, 0.3) is 5.69 Å². The van der Waals surface area contributed by atoms with Gasteiger partial charge in [0.2, 0.25) is 0 Å². The minimum absolute atomic E-state index is 0.0534. The fourth-order valence-electron chi connectivity index (χ4n) is 5.31. The lowest BCUT2D eigenvalue weighted by Crippen LogP contribution is -2.43. The lowest BCUT2D eigenvalue weighted by Gasteiger charge is -2.32. The molecular weight excluding hydrogens is 483 g/mol. The molecule has 1 aromatic heterocycles. The second-order valence-electron chi connectivity index (χ2n) is 10.5. The van der Waals surface area contributed by atoms with E-state index in [4.69, 9.17) is 10.5 Å². The predicted octanol–water partition coefficient (Wildman–Crippen LogP) is 4.46. The van der Waals surface area contributed by atoms with E-state index in [9.17, 15) is 9.18 Å². The van der Waals surface area contributed by atoms with E-state index in [1.54, 1.807) is 12.4 Å². The van der Waals surface area contributed by atoms with Crippen molar-refractivity contribution in [2.75, 3.05) is 31.5 Å². The van der Waals surface area contributed by atoms with E-state index in [0.717, 1.165) is 73.5 Å². The van der Waals surface area contributed by atoms with Crippen LogP contribution in [0, 0.1) is 12.7 Å². The summed E-state index contributed by atoms with van der Waals surface area (Å²) in [6.07, 6.45) is 7.50. The average molecular weight is 521 g/mol. The number of imidazole rings is 1. The van der Waals surface area contributed by atoms with Crippen molar-refractivity contribution < 1.29 is 13.9 Å². The fourth-order valence-corrected chi connectivity index (χ4v) is 5.31. The number of amides is 2. The monoisotopic (exact) mass is 520 g/mol. The van der Waals surface area contributed by atoms with Gasteiger partial charge in [-0.15, -0.1) is 0 Å². The number of hydrogen-bond donors (Lipinski definition) is 2. The molecular formula is C29H37FN6O2. The first-order valence-electron chi connectivity index (χ1n) is 13.5. The van der Waals surface area contributed by atoms with Crippen LogP contribution >= 0.6 is 0 Å². The van der Waals surface area contributed by atoms with Crippen LogP contribution in [0.5, 0.6) is 0 Å². The number of hydrogen-bond acceptors (Lipinski definition) is 5. The van der Waals surface area contributed by atoms with E-state index >= 15 is 0 Å². The Balaban J connectivity index is 1.21. The highest BCUT2D eigenvalue weighted by Crippen LogP contribution is 2.23. The van der Waals surface area contributed by atoms with E-state index in [1.165, 1.54) is 12.1 Å². The third-order valence-electron chi connectivity index (χ3n) is 7.29. The highest BCUT2D eigenvalue weighted by Gasteiger charge is 2.24. The number of benzene rings is 2. The molecule has 2 aliphatic heterocycles. The molecule has 2 fully saturated rings. The van der Waals surface area contributed by atoms with E-state index in [-0.39, 0.29) is 24.0 Å². The molecule has 0 radical (unpaired) electrons. The average Bonchev–Trinajstić information content (AvgIpc) is 3.34. The standard InChI is InChI=1S/C29H37FN6O2/c1-21-16-36(20-32-21)27-14-23(17-34-9-3-6-25(31)18-34)13-26(15-27)33-29(37)35-10-7-28(8-11-35)38-19-22-4-2-5-24(30)12-22/h2,4-5,12-16,20,25,28H,3,6-11,17-19,31H2,1H3,(H,33,37). The highest BCUT2D eigenvalue weighted by atomic mass is 19.1. The number of nitrogens with zero attached hydrogens (tertiary/aromatic N) is 4. The molecule has 2 aliphatic rings. The van der Waals surface area contributed by atoms with Gasteiger partial charge in [0.25, 0.3) is 0 Å². The number of halogens is 1. The van der Waals surface area contributed by atoms with Gasteiger partial charge in [0.15, 0.2) is 0 Å². The second-order valence-corrected chi connectivity index (χ2v) is 10.5. The number of carbonyl (C=O) groups is 1. The van der Waals surface area contributed by atoms with Crippen molar-refractivity contribution in [3.63, 3.8) is 0 Å². The zero-order valence-corrected chi connectivity index (χ0v) is 22.0. The van der Waals surface area contributed by atoms with Crippen LogP contribution in [0.15, 0.2) is 55.0 Å². The maximum atomic E-state index is 13.4. The molecule has 3 aromatic rings. The molecule has 1 atom stereocenters. The molecule has 1 unspecified atom stereocenters. The Morgan fingerprint density at radius 3 is 2.71 bits per heavy atom. The lowest BCUT2D eigenvalue weighted by atomic mass is 10.1. The summed E-state index contributed by atoms with van der Waals surface area (Å²) >= 11 is 0. The topological polar surface area (TPSA) is 88.7 Å². The molecule has 2 aromatic carbocycles. The molecule has 2 amide bonds. The van der Waals surface area contributed by atoms with Crippen LogP contribution in [0.4, 0.5) is 14.9 Å². The Hall–Kier alpha value is -3.27. The number of likely N-dealkylation sites (tertiary alicyclic amines) is 2. The molecule has 3 heterocycles. The molecule has 2 saturated heterocycles. The zero-order valence-electron chi connectivity index (χ0n) is 22.0. The molecule has 5 rings (SSSR count). The van der Waals surface area contributed by atoms with E-state index < -0.39 is 0 Å². The van der Waals surface area contributed by atoms with Gasteiger partial charge in [-0.25, -0.2) is 14.2 Å². The number of urea groups is 1. The number of rotatable bonds is 7. The summed E-state index contributed by atoms with van der Waals surface area (Å²) < 4.78 is 21.4. The van der Waals surface area contributed by atoms with Crippen molar-refractivity contribution in [1.82, 2.24) is 19.4 Å². The van der Waals surface area contributed by atoms with Crippen LogP contribution in [0.3, 0.4) is 0 Å². The van der Waals surface area contributed by atoms with Crippen LogP contribution in [-0.4, -0.2) is 63.7 Å². The molecule has 202 valence electrons. The zero-order chi connectivity index (χ0) is 26.5. The van der Waals surface area contributed by atoms with Gasteiger partial charge in [0.05, 0.1) is 24.7 Å². The van der Waals surface area contributed by atoms with E-state index in [0.29, 0.717) is 19.7 Å². The first-order chi connectivity index (χ1) is 18.4. The van der Waals surface area contributed by atoms with Gasteiger partial charge in [-0.3, -0.25) is 4.90 Å². The number of nitrogens with two attached hydrogens (primary N) is 1. The number of ether oxygens (including phenoxy) is 1. The smallest absolute Gasteiger partial charge is 0.321 e. The molecule has 3 N–H and O–H groups in total. The third kappa shape index (κ3) is 6.98. The van der Waals surface area contributed by atoms with Crippen molar-refractivity contribution in [2.45, 2.75) is 57.9 Å². The second kappa shape index (κ2) is 12.1. The minimum atomic E-state index is -0.257. The Morgan fingerprint density at radius 2 is 1.97 bits per heavy atom. The maximum Gasteiger partial charge on any atom is 0.321 e. The number of aryl methyl sites for hydroxylation is 1. The number of carbonyl (C=O) groups excluding carboxylic acids is 1. The van der Waals surface area contributed by atoms with Gasteiger partial charge in [-0.05, 0) is 80.6 Å². The quantitative estimate of drug-likeness (QED) is 0.480. The van der Waals surface area contributed by atoms with Gasteiger partial charge < -0.3 is 25.3 Å². The van der Waals surface area contributed by atoms with Crippen molar-refractivity contribution in [3.8, 4) is 5.69 Å². The SMILES string of the molecule is Cc1cn(-c2cc(CN3CCCC(N)C3)cc(NC(=O)N3CCC(OCc4cccc(F)c4)CC3)c2)cn1. The summed E-state index contributed by atoms with van der Waals surface area (Å²) in [5, 5.41) is 3.12. The number of piperidine rings is 2. The van der Waals surface area contributed by atoms with Crippen molar-refractivity contribution >= 4 is 11.7 Å². The van der Waals surface area contributed by atoms with Crippen molar-refractivity contribution in [1.29, 1.82) is 0 Å². The van der Waals surface area contributed by atoms with Gasteiger partial charge in [-0.1, -0.05) is 12.1 Å². The molecule has 0 aliphatic carbocycles. The summed E-state index contributed by atoms with van der Waals surface area (Å²) in [7, 11) is 0. The molecule has 9 heteroatoms. The predicted molar refractivity (Wildman–Crippen MR) is 146 cm³/mol. The minimum Gasteiger partial charge on any atom is -0.373 e. The summed E-state index contributed by atoms with van der Waals surface area (Å²) in [4.78, 5) is 21.8. The Bertz CT molecular complexity index is 1240. The summed E-state index contributed by atoms with van der Waals surface area (Å²) in [5.41, 5.74) is 10.8. The molecule has 8 nitrogen and oxygen atoms in total. The largest absolute Gasteiger partial charge is 0.373 e. The summed E-state index contributed by atoms with van der Waals surface area (Å²) in [6, 6.07) is 12.8. The Kier molecular flexibility index (Phi) is 8.36. The number of nitrogens with one attached hydrogen (secondary N) is 1. The summed E-state index contributed by atoms with van der Waals surface area (Å²) in [5.74, 6) is -0.257. The van der Waals surface area contributed by atoms with Gasteiger partial charge in [0.1, 0.15) is 5.82 Å².